The van der Waals surface area contributed by atoms with Crippen molar-refractivity contribution in [3.8, 4) is 0 Å². The van der Waals surface area contributed by atoms with Crippen LogP contribution in [0, 0.1) is 5.82 Å². The molecule has 4 rings (SSSR count). The van der Waals surface area contributed by atoms with Crippen molar-refractivity contribution in [3.63, 3.8) is 0 Å². The van der Waals surface area contributed by atoms with Crippen LogP contribution in [-0.4, -0.2) is 57.9 Å². The van der Waals surface area contributed by atoms with Gasteiger partial charge in [0.2, 0.25) is 10.0 Å². The molecule has 2 unspecified atom stereocenters. The normalized spacial score (nSPS) is 23.7. The fourth-order valence-electron chi connectivity index (χ4n) is 4.59. The summed E-state index contributed by atoms with van der Waals surface area (Å²) in [5.41, 5.74) is 0.772. The van der Waals surface area contributed by atoms with E-state index < -0.39 is 32.7 Å². The van der Waals surface area contributed by atoms with Crippen LogP contribution in [0.1, 0.15) is 42.7 Å². The predicted molar refractivity (Wildman–Crippen MR) is 130 cm³/mol. The summed E-state index contributed by atoms with van der Waals surface area (Å²) in [7, 11) is -3.91. The largest absolute Gasteiger partial charge is 0.457 e. The molecule has 2 aromatic carbocycles. The minimum absolute atomic E-state index is 0.118. The molecule has 0 aromatic heterocycles. The number of sulfonamides is 1. The first kappa shape index (κ1) is 24.4. The molecule has 0 bridgehead atoms. The lowest BCUT2D eigenvalue weighted by Crippen LogP contribution is -2.53. The zero-order chi connectivity index (χ0) is 24.3. The Balaban J connectivity index is 1.60. The van der Waals surface area contributed by atoms with Gasteiger partial charge in [-0.3, -0.25) is 0 Å². The first-order valence-corrected chi connectivity index (χ1v) is 13.0. The van der Waals surface area contributed by atoms with Gasteiger partial charge in [-0.05, 0) is 44.0 Å². The zero-order valence-corrected chi connectivity index (χ0v) is 20.2. The first-order chi connectivity index (χ1) is 16.2. The van der Waals surface area contributed by atoms with Crippen molar-refractivity contribution < 1.29 is 22.7 Å². The van der Waals surface area contributed by atoms with Gasteiger partial charge >= 0.3 is 0 Å². The van der Waals surface area contributed by atoms with Gasteiger partial charge in [0.15, 0.2) is 0 Å². The number of aliphatic hydroxyl groups excluding tert-OH is 1. The van der Waals surface area contributed by atoms with Gasteiger partial charge in [0.05, 0.1) is 6.04 Å². The van der Waals surface area contributed by atoms with E-state index in [0.29, 0.717) is 5.56 Å². The molecular formula is C24H31FN4O4S. The van der Waals surface area contributed by atoms with E-state index in [1.807, 2.05) is 24.3 Å². The number of benzene rings is 2. The Hall–Kier alpha value is -2.69. The van der Waals surface area contributed by atoms with Crippen LogP contribution in [0.3, 0.4) is 0 Å². The number of aliphatic hydroxyl groups is 1. The number of piperazine rings is 1. The third kappa shape index (κ3) is 5.18. The topological polar surface area (TPSA) is 103 Å². The second-order valence-corrected chi connectivity index (χ2v) is 10.8. The molecule has 8 nitrogen and oxygen atoms in total. The highest BCUT2D eigenvalue weighted by molar-refractivity contribution is 7.90. The molecule has 2 aliphatic rings. The third-order valence-corrected chi connectivity index (χ3v) is 8.07. The van der Waals surface area contributed by atoms with Gasteiger partial charge in [0.25, 0.3) is 6.02 Å². The van der Waals surface area contributed by atoms with Crippen LogP contribution in [0.25, 0.3) is 0 Å². The monoisotopic (exact) mass is 490 g/mol. The molecule has 2 fully saturated rings. The summed E-state index contributed by atoms with van der Waals surface area (Å²) in [6, 6.07) is 12.6. The Bertz CT molecular complexity index is 1130. The molecule has 2 saturated heterocycles. The van der Waals surface area contributed by atoms with Crippen molar-refractivity contribution in [2.45, 2.75) is 37.2 Å². The number of anilines is 1. The van der Waals surface area contributed by atoms with Gasteiger partial charge in [-0.25, -0.2) is 22.5 Å². The van der Waals surface area contributed by atoms with E-state index in [4.69, 9.17) is 4.74 Å². The number of halogens is 1. The number of nitrogens with one attached hydrogen (secondary N) is 2. The van der Waals surface area contributed by atoms with Gasteiger partial charge in [0.1, 0.15) is 16.7 Å². The maximum atomic E-state index is 14.3. The smallest absolute Gasteiger partial charge is 0.299 e. The van der Waals surface area contributed by atoms with E-state index in [-0.39, 0.29) is 24.6 Å². The van der Waals surface area contributed by atoms with Crippen LogP contribution >= 0.6 is 0 Å². The number of hydrogen-bond donors (Lipinski definition) is 3. The predicted octanol–water partition coefficient (Wildman–Crippen LogP) is 2.48. The highest BCUT2D eigenvalue weighted by atomic mass is 32.2. The molecule has 2 heterocycles. The molecule has 184 valence electrons. The molecule has 0 spiro atoms. The molecule has 34 heavy (non-hydrogen) atoms. The summed E-state index contributed by atoms with van der Waals surface area (Å²) >= 11 is 0. The molecule has 0 aliphatic carbocycles. The van der Waals surface area contributed by atoms with Gasteiger partial charge < -0.3 is 20.1 Å². The average Bonchev–Trinajstić information content (AvgIpc) is 2.79. The molecular weight excluding hydrogens is 459 g/mol. The summed E-state index contributed by atoms with van der Waals surface area (Å²) in [5.74, 6) is -0.481. The third-order valence-electron chi connectivity index (χ3n) is 6.15. The summed E-state index contributed by atoms with van der Waals surface area (Å²) in [6.07, 6.45) is 0.118. The minimum atomic E-state index is -3.91. The second-order valence-electron chi connectivity index (χ2n) is 9.05. The quantitative estimate of drug-likeness (QED) is 0.575. The molecule has 0 amide bonds. The minimum Gasteiger partial charge on any atom is -0.457 e. The van der Waals surface area contributed by atoms with Crippen molar-refractivity contribution in [1.29, 1.82) is 0 Å². The fourth-order valence-corrected chi connectivity index (χ4v) is 6.36. The second kappa shape index (κ2) is 9.89. The van der Waals surface area contributed by atoms with E-state index in [2.05, 4.69) is 19.9 Å². The molecule has 2 aromatic rings. The van der Waals surface area contributed by atoms with Crippen molar-refractivity contribution in [2.75, 3.05) is 37.7 Å². The highest BCUT2D eigenvalue weighted by Crippen LogP contribution is 2.39. The Morgan fingerprint density at radius 2 is 1.85 bits per heavy atom. The lowest BCUT2D eigenvalue weighted by molar-refractivity contribution is 0.0758. The van der Waals surface area contributed by atoms with Gasteiger partial charge in [-0.15, -0.1) is 0 Å². The Morgan fingerprint density at radius 3 is 2.47 bits per heavy atom. The maximum Gasteiger partial charge on any atom is 0.299 e. The Morgan fingerprint density at radius 1 is 1.18 bits per heavy atom. The van der Waals surface area contributed by atoms with Crippen LogP contribution < -0.4 is 14.9 Å². The van der Waals surface area contributed by atoms with Crippen LogP contribution in [0.5, 0.6) is 0 Å². The number of rotatable bonds is 6. The van der Waals surface area contributed by atoms with Crippen molar-refractivity contribution in [3.05, 3.63) is 65.5 Å². The SMILES string of the molecule is CC1(C)OC(=NC(CCO)c2ccccc2F)NS(=O)(=O)C1c1ccc(N2CCNCC2)cc1. The number of nitrogens with zero attached hydrogens (tertiary/aromatic N) is 2. The maximum absolute atomic E-state index is 14.3. The van der Waals surface area contributed by atoms with Gasteiger partial charge in [-0.2, -0.15) is 0 Å². The molecule has 0 saturated carbocycles. The molecule has 10 heteroatoms. The first-order valence-electron chi connectivity index (χ1n) is 11.4. The van der Waals surface area contributed by atoms with E-state index in [1.54, 1.807) is 32.0 Å². The fraction of sp³-hybridized carbons (Fsp3) is 0.458. The number of amidine groups is 1. The van der Waals surface area contributed by atoms with E-state index in [0.717, 1.165) is 31.9 Å². The van der Waals surface area contributed by atoms with Gasteiger partial charge in [0, 0.05) is 44.0 Å². The Kier molecular flexibility index (Phi) is 7.11. The van der Waals surface area contributed by atoms with Crippen LogP contribution in [0.4, 0.5) is 10.1 Å². The van der Waals surface area contributed by atoms with E-state index >= 15 is 0 Å². The van der Waals surface area contributed by atoms with Crippen molar-refractivity contribution in [1.82, 2.24) is 10.0 Å². The summed E-state index contributed by atoms with van der Waals surface area (Å²) in [4.78, 5) is 6.60. The average molecular weight is 491 g/mol. The van der Waals surface area contributed by atoms with Crippen LogP contribution in [-0.2, 0) is 14.8 Å². The molecule has 2 aliphatic heterocycles. The molecule has 3 N–H and O–H groups in total. The highest BCUT2D eigenvalue weighted by Gasteiger charge is 2.48. The van der Waals surface area contributed by atoms with E-state index in [1.165, 1.54) is 6.07 Å². The summed E-state index contributed by atoms with van der Waals surface area (Å²) < 4.78 is 49.4. The molecule has 0 radical (unpaired) electrons. The van der Waals surface area contributed by atoms with Crippen LogP contribution in [0.15, 0.2) is 53.5 Å². The zero-order valence-electron chi connectivity index (χ0n) is 19.4. The number of ether oxygens (including phenoxy) is 1. The Labute approximate surface area is 199 Å². The van der Waals surface area contributed by atoms with Crippen molar-refractivity contribution in [2.24, 2.45) is 4.99 Å². The molecule has 2 atom stereocenters. The standard InChI is InChI=1S/C24H31FN4O4S/c1-24(2)22(17-7-9-18(10-8-17)29-14-12-26-13-15-29)34(31,32)28-23(33-24)27-21(11-16-30)19-5-3-4-6-20(19)25/h3-10,21-22,26,30H,11-16H2,1-2H3,(H,27,28). The van der Waals surface area contributed by atoms with Crippen LogP contribution in [0.2, 0.25) is 0 Å². The number of hydrogen-bond acceptors (Lipinski definition) is 7. The lowest BCUT2D eigenvalue weighted by Gasteiger charge is -2.39. The lowest BCUT2D eigenvalue weighted by atomic mass is 9.97. The van der Waals surface area contributed by atoms with Crippen molar-refractivity contribution >= 4 is 21.7 Å². The summed E-state index contributed by atoms with van der Waals surface area (Å²) in [5, 5.41) is 11.8. The van der Waals surface area contributed by atoms with Gasteiger partial charge in [-0.1, -0.05) is 30.3 Å². The van der Waals surface area contributed by atoms with E-state index in [9.17, 15) is 17.9 Å². The summed E-state index contributed by atoms with van der Waals surface area (Å²) in [6.45, 7) is 6.77. The number of aliphatic imine (C=N–C) groups is 1.